The van der Waals surface area contributed by atoms with E-state index in [0.29, 0.717) is 22.1 Å². The maximum Gasteiger partial charge on any atom is 0.341 e. The van der Waals surface area contributed by atoms with E-state index in [9.17, 15) is 9.59 Å². The lowest BCUT2D eigenvalue weighted by Crippen LogP contribution is -2.21. The molecule has 3 aromatic rings. The molecule has 1 amide bonds. The number of aryl methyl sites for hydroxylation is 2. The van der Waals surface area contributed by atoms with Crippen LogP contribution in [0.25, 0.3) is 11.1 Å². The molecule has 1 aliphatic rings. The lowest BCUT2D eigenvalue weighted by atomic mass is 9.89. The van der Waals surface area contributed by atoms with Crippen LogP contribution < -0.4 is 14.8 Å². The van der Waals surface area contributed by atoms with Crippen LogP contribution in [0.1, 0.15) is 34.3 Å². The Kier molecular flexibility index (Phi) is 6.75. The van der Waals surface area contributed by atoms with Gasteiger partial charge in [-0.15, -0.1) is 11.3 Å². The Morgan fingerprint density at radius 3 is 2.56 bits per heavy atom. The number of ether oxygens (including phenoxy) is 3. The SMILES string of the molecule is COC(=O)c1c(-c2ccc3c(c2)CCCC3)csc1NC(=O)COc1cccc(OC)c1. The number of carbonyl (C=O) groups is 2. The van der Waals surface area contributed by atoms with Crippen molar-refractivity contribution in [2.45, 2.75) is 25.7 Å². The molecule has 1 heterocycles. The van der Waals surface area contributed by atoms with Crippen LogP contribution in [-0.4, -0.2) is 32.7 Å². The molecule has 32 heavy (non-hydrogen) atoms. The molecule has 0 radical (unpaired) electrons. The average Bonchev–Trinajstić information content (AvgIpc) is 3.25. The van der Waals surface area contributed by atoms with Crippen LogP contribution in [0.15, 0.2) is 47.8 Å². The molecule has 1 aliphatic carbocycles. The van der Waals surface area contributed by atoms with E-state index >= 15 is 0 Å². The highest BCUT2D eigenvalue weighted by molar-refractivity contribution is 7.15. The van der Waals surface area contributed by atoms with Gasteiger partial charge < -0.3 is 19.5 Å². The molecule has 1 aromatic heterocycles. The molecule has 0 saturated carbocycles. The van der Waals surface area contributed by atoms with Gasteiger partial charge in [0, 0.05) is 17.0 Å². The van der Waals surface area contributed by atoms with Crippen LogP contribution in [0.2, 0.25) is 0 Å². The fourth-order valence-corrected chi connectivity index (χ4v) is 4.84. The molecule has 0 atom stereocenters. The quantitative estimate of drug-likeness (QED) is 0.506. The van der Waals surface area contributed by atoms with Gasteiger partial charge in [0.15, 0.2) is 6.61 Å². The molecule has 2 aromatic carbocycles. The Labute approximate surface area is 191 Å². The number of hydrogen-bond donors (Lipinski definition) is 1. The number of hydrogen-bond acceptors (Lipinski definition) is 6. The normalized spacial score (nSPS) is 12.6. The molecule has 0 unspecified atom stereocenters. The first-order chi connectivity index (χ1) is 15.6. The van der Waals surface area contributed by atoms with E-state index in [-0.39, 0.29) is 12.5 Å². The third kappa shape index (κ3) is 4.78. The zero-order chi connectivity index (χ0) is 22.5. The van der Waals surface area contributed by atoms with Crippen molar-refractivity contribution in [1.29, 1.82) is 0 Å². The van der Waals surface area contributed by atoms with Gasteiger partial charge in [-0.1, -0.05) is 24.3 Å². The first-order valence-electron chi connectivity index (χ1n) is 10.5. The number of thiophene rings is 1. The maximum atomic E-state index is 12.6. The summed E-state index contributed by atoms with van der Waals surface area (Å²) in [7, 11) is 2.91. The van der Waals surface area contributed by atoms with Gasteiger partial charge >= 0.3 is 5.97 Å². The number of rotatable bonds is 7. The van der Waals surface area contributed by atoms with Gasteiger partial charge in [-0.3, -0.25) is 4.79 Å². The number of nitrogens with one attached hydrogen (secondary N) is 1. The third-order valence-electron chi connectivity index (χ3n) is 5.50. The van der Waals surface area contributed by atoms with E-state index in [1.807, 2.05) is 11.4 Å². The second-order valence-corrected chi connectivity index (χ2v) is 8.43. The summed E-state index contributed by atoms with van der Waals surface area (Å²) in [5.74, 6) is 0.317. The van der Waals surface area contributed by atoms with E-state index in [0.717, 1.165) is 24.0 Å². The van der Waals surface area contributed by atoms with Gasteiger partial charge in [0.25, 0.3) is 5.91 Å². The Bertz CT molecular complexity index is 1140. The number of amides is 1. The van der Waals surface area contributed by atoms with E-state index in [4.69, 9.17) is 14.2 Å². The number of methoxy groups -OCH3 is 2. The van der Waals surface area contributed by atoms with Crippen molar-refractivity contribution < 1.29 is 23.8 Å². The first kappa shape index (κ1) is 21.9. The van der Waals surface area contributed by atoms with Gasteiger partial charge in [0.1, 0.15) is 22.1 Å². The van der Waals surface area contributed by atoms with Crippen molar-refractivity contribution in [2.75, 3.05) is 26.1 Å². The van der Waals surface area contributed by atoms with Crippen molar-refractivity contribution in [3.8, 4) is 22.6 Å². The van der Waals surface area contributed by atoms with Crippen LogP contribution in [0, 0.1) is 0 Å². The van der Waals surface area contributed by atoms with Gasteiger partial charge in [-0.05, 0) is 54.5 Å². The van der Waals surface area contributed by atoms with Crippen LogP contribution >= 0.6 is 11.3 Å². The first-order valence-corrected chi connectivity index (χ1v) is 11.4. The van der Waals surface area contributed by atoms with Crippen LogP contribution in [0.5, 0.6) is 11.5 Å². The molecule has 4 rings (SSSR count). The fourth-order valence-electron chi connectivity index (χ4n) is 3.87. The molecule has 166 valence electrons. The molecule has 7 heteroatoms. The van der Waals surface area contributed by atoms with Crippen molar-refractivity contribution >= 4 is 28.2 Å². The minimum absolute atomic E-state index is 0.195. The van der Waals surface area contributed by atoms with Crippen molar-refractivity contribution in [1.82, 2.24) is 0 Å². The smallest absolute Gasteiger partial charge is 0.341 e. The van der Waals surface area contributed by atoms with Crippen molar-refractivity contribution in [3.63, 3.8) is 0 Å². The summed E-state index contributed by atoms with van der Waals surface area (Å²) < 4.78 is 15.7. The third-order valence-corrected chi connectivity index (χ3v) is 6.40. The average molecular weight is 452 g/mol. The highest BCUT2D eigenvalue weighted by atomic mass is 32.1. The highest BCUT2D eigenvalue weighted by Crippen LogP contribution is 2.37. The Morgan fingerprint density at radius 2 is 1.78 bits per heavy atom. The summed E-state index contributed by atoms with van der Waals surface area (Å²) in [6.45, 7) is -0.195. The summed E-state index contributed by atoms with van der Waals surface area (Å²) >= 11 is 1.30. The zero-order valence-corrected chi connectivity index (χ0v) is 18.9. The Hall–Kier alpha value is -3.32. The molecular formula is C25H25NO5S. The highest BCUT2D eigenvalue weighted by Gasteiger charge is 2.23. The monoisotopic (exact) mass is 451 g/mol. The van der Waals surface area contributed by atoms with E-state index < -0.39 is 5.97 Å². The van der Waals surface area contributed by atoms with E-state index in [1.54, 1.807) is 31.4 Å². The minimum atomic E-state index is -0.483. The van der Waals surface area contributed by atoms with Gasteiger partial charge in [0.2, 0.25) is 0 Å². The van der Waals surface area contributed by atoms with Gasteiger partial charge in [0.05, 0.1) is 14.2 Å². The molecule has 0 spiro atoms. The maximum absolute atomic E-state index is 12.6. The summed E-state index contributed by atoms with van der Waals surface area (Å²) in [6, 6.07) is 13.4. The van der Waals surface area contributed by atoms with Crippen LogP contribution in [0.3, 0.4) is 0 Å². The lowest BCUT2D eigenvalue weighted by molar-refractivity contribution is -0.118. The fraction of sp³-hybridized carbons (Fsp3) is 0.280. The van der Waals surface area contributed by atoms with E-state index in [2.05, 4.69) is 17.4 Å². The molecular weight excluding hydrogens is 426 g/mol. The second kappa shape index (κ2) is 9.87. The Morgan fingerprint density at radius 1 is 1.00 bits per heavy atom. The summed E-state index contributed by atoms with van der Waals surface area (Å²) in [5.41, 5.74) is 4.78. The Balaban J connectivity index is 1.53. The topological polar surface area (TPSA) is 73.9 Å². The summed E-state index contributed by atoms with van der Waals surface area (Å²) in [6.07, 6.45) is 4.54. The molecule has 1 N–H and O–H groups in total. The number of carbonyl (C=O) groups excluding carboxylic acids is 2. The number of fused-ring (bicyclic) bond motifs is 1. The van der Waals surface area contributed by atoms with Gasteiger partial charge in [-0.25, -0.2) is 4.79 Å². The number of benzene rings is 2. The number of anilines is 1. The van der Waals surface area contributed by atoms with Crippen LogP contribution in [0.4, 0.5) is 5.00 Å². The van der Waals surface area contributed by atoms with Crippen molar-refractivity contribution in [2.24, 2.45) is 0 Å². The molecule has 0 bridgehead atoms. The molecule has 6 nitrogen and oxygen atoms in total. The van der Waals surface area contributed by atoms with Crippen LogP contribution in [-0.2, 0) is 22.4 Å². The summed E-state index contributed by atoms with van der Waals surface area (Å²) in [4.78, 5) is 25.1. The second-order valence-electron chi connectivity index (χ2n) is 7.55. The lowest BCUT2D eigenvalue weighted by Gasteiger charge is -2.16. The summed E-state index contributed by atoms with van der Waals surface area (Å²) in [5, 5.41) is 5.13. The van der Waals surface area contributed by atoms with Crippen molar-refractivity contribution in [3.05, 3.63) is 64.5 Å². The zero-order valence-electron chi connectivity index (χ0n) is 18.1. The van der Waals surface area contributed by atoms with E-state index in [1.165, 1.54) is 42.4 Å². The largest absolute Gasteiger partial charge is 0.497 e. The number of esters is 1. The predicted octanol–water partition coefficient (Wildman–Crippen LogP) is 5.11. The molecule has 0 saturated heterocycles. The minimum Gasteiger partial charge on any atom is -0.497 e. The predicted molar refractivity (Wildman–Crippen MR) is 125 cm³/mol. The molecule has 0 aliphatic heterocycles. The van der Waals surface area contributed by atoms with Gasteiger partial charge in [-0.2, -0.15) is 0 Å². The molecule has 0 fully saturated rings. The standard InChI is InChI=1S/C25H25NO5S/c1-29-19-8-5-9-20(13-19)31-14-22(27)26-24-23(25(28)30-2)21(15-32-24)18-11-10-16-6-3-4-7-17(16)12-18/h5,8-13,15H,3-4,6-7,14H2,1-2H3,(H,26,27).